The van der Waals surface area contributed by atoms with Crippen molar-refractivity contribution >= 4 is 55.9 Å². The summed E-state index contributed by atoms with van der Waals surface area (Å²) in [4.78, 5) is 0. The van der Waals surface area contributed by atoms with Gasteiger partial charge >= 0.3 is 0 Å². The first-order chi connectivity index (χ1) is 17.1. The van der Waals surface area contributed by atoms with Crippen molar-refractivity contribution in [1.82, 2.24) is 0 Å². The van der Waals surface area contributed by atoms with E-state index in [1.54, 1.807) is 0 Å². The van der Waals surface area contributed by atoms with Crippen molar-refractivity contribution in [1.29, 1.82) is 0 Å². The van der Waals surface area contributed by atoms with Gasteiger partial charge < -0.3 is 0 Å². The molecule has 0 atom stereocenters. The molecule has 0 nitrogen and oxygen atoms in total. The molecule has 6 aromatic carbocycles. The van der Waals surface area contributed by atoms with Gasteiger partial charge in [0.2, 0.25) is 0 Å². The summed E-state index contributed by atoms with van der Waals surface area (Å²) in [7, 11) is 1.08. The number of hydrogen-bond acceptors (Lipinski definition) is 0. The van der Waals surface area contributed by atoms with Crippen molar-refractivity contribution < 1.29 is 25.8 Å². The zero-order valence-electron chi connectivity index (χ0n) is 22.4. The summed E-state index contributed by atoms with van der Waals surface area (Å²) in [6.45, 7) is 8.60. The van der Waals surface area contributed by atoms with Crippen LogP contribution in [-0.4, -0.2) is 9.52 Å². The van der Waals surface area contributed by atoms with Crippen molar-refractivity contribution in [2.45, 2.75) is 26.9 Å². The van der Waals surface area contributed by atoms with E-state index in [1.807, 2.05) is 0 Å². The summed E-state index contributed by atoms with van der Waals surface area (Å²) in [5.74, 6) is 0. The molecule has 6 aromatic rings. The minimum absolute atomic E-state index is 0. The normalized spacial score (nSPS) is 9.58. The molecule has 2 radical (unpaired) electrons. The van der Waals surface area contributed by atoms with Gasteiger partial charge in [0, 0.05) is 35.4 Å². The summed E-state index contributed by atoms with van der Waals surface area (Å²) in [6.07, 6.45) is 0. The molecule has 0 aliphatic rings. The molecule has 0 saturated carbocycles. The number of halogens is 2. The van der Waals surface area contributed by atoms with E-state index in [2.05, 4.69) is 148 Å². The summed E-state index contributed by atoms with van der Waals surface area (Å²) in [5, 5.41) is 5.37. The molecule has 0 aromatic heterocycles. The minimum atomic E-state index is 0. The molecular formula is C34H34Cl2HfSi-2. The molecular weight excluding hydrogens is 686 g/mol. The van der Waals surface area contributed by atoms with Crippen molar-refractivity contribution in [3.05, 3.63) is 132 Å². The van der Waals surface area contributed by atoms with Gasteiger partial charge in [-0.2, -0.15) is 12.1 Å². The van der Waals surface area contributed by atoms with Gasteiger partial charge in [-0.25, -0.2) is 0 Å². The molecule has 0 unspecified atom stereocenters. The van der Waals surface area contributed by atoms with Gasteiger partial charge in [-0.3, -0.25) is 0 Å². The van der Waals surface area contributed by atoms with E-state index < -0.39 is 0 Å². The van der Waals surface area contributed by atoms with Crippen molar-refractivity contribution in [2.75, 3.05) is 0 Å². The smallest absolute Gasteiger partial charge is 0.0307 e. The molecule has 0 aliphatic carbocycles. The van der Waals surface area contributed by atoms with E-state index in [1.165, 1.54) is 54.9 Å². The Bertz CT molecular complexity index is 1390. The number of rotatable bonds is 2. The maximum Gasteiger partial charge on any atom is 0.0307 e. The van der Waals surface area contributed by atoms with Crippen LogP contribution in [-0.2, 0) is 25.8 Å². The summed E-state index contributed by atoms with van der Waals surface area (Å²) >= 11 is 0. The van der Waals surface area contributed by atoms with Gasteiger partial charge in [-0.05, 0) is 11.1 Å². The molecule has 0 aliphatic heterocycles. The fourth-order valence-corrected chi connectivity index (χ4v) is 4.51. The third-order valence-electron chi connectivity index (χ3n) is 5.96. The maximum absolute atomic E-state index is 2.26. The monoisotopic (exact) mass is 720 g/mol. The molecule has 0 bridgehead atoms. The van der Waals surface area contributed by atoms with Crippen LogP contribution in [0.3, 0.4) is 0 Å². The third kappa shape index (κ3) is 8.38. The Balaban J connectivity index is 0.000000322. The van der Waals surface area contributed by atoms with E-state index >= 15 is 0 Å². The van der Waals surface area contributed by atoms with Gasteiger partial charge in [-0.15, -0.1) is 93.9 Å². The fraction of sp³-hybridized carbons (Fsp3) is 0.118. The van der Waals surface area contributed by atoms with E-state index in [9.17, 15) is 0 Å². The first kappa shape index (κ1) is 33.8. The molecule has 38 heavy (non-hydrogen) atoms. The Morgan fingerprint density at radius 1 is 0.500 bits per heavy atom. The molecule has 0 heterocycles. The molecule has 4 heteroatoms. The Morgan fingerprint density at radius 3 is 1.18 bits per heavy atom. The topological polar surface area (TPSA) is 0 Å². The SMILES string of the molecule is C[Si]C.Cc1cc2c(-c3ccccc3)cccc2[cH-]1.Cc1cc2c(-c3ccccc3)cccc2[cH-]1.Cl.Cl.[Hf]. The van der Waals surface area contributed by atoms with Gasteiger partial charge in [0.15, 0.2) is 0 Å². The second-order valence-corrected chi connectivity index (χ2v) is 9.91. The van der Waals surface area contributed by atoms with Crippen molar-refractivity contribution in [3.63, 3.8) is 0 Å². The van der Waals surface area contributed by atoms with Crippen LogP contribution in [0, 0.1) is 13.8 Å². The summed E-state index contributed by atoms with van der Waals surface area (Å²) in [6, 6.07) is 43.1. The van der Waals surface area contributed by atoms with Crippen LogP contribution in [0.15, 0.2) is 121 Å². The largest absolute Gasteiger partial charge is 0.165 e. The Hall–Kier alpha value is -2.23. The Kier molecular flexibility index (Phi) is 14.8. The van der Waals surface area contributed by atoms with E-state index in [0.29, 0.717) is 0 Å². The maximum atomic E-state index is 2.26. The Morgan fingerprint density at radius 2 is 0.842 bits per heavy atom. The first-order valence-electron chi connectivity index (χ1n) is 12.1. The van der Waals surface area contributed by atoms with Crippen LogP contribution in [0.4, 0.5) is 0 Å². The number of hydrogen-bond donors (Lipinski definition) is 0. The zero-order valence-corrected chi connectivity index (χ0v) is 28.6. The van der Waals surface area contributed by atoms with Gasteiger partial charge in [0.1, 0.15) is 0 Å². The standard InChI is InChI=1S/2C16H13.C2H6Si.2ClH.Hf/c2*1-12-10-14-8-5-9-15(16(14)11-12)13-6-3-2-4-7-13;1-3-2;;;/h2*2-11H,1H3;1-2H3;2*1H;/q2*-1;;;;. The second kappa shape index (κ2) is 16.7. The average molecular weight is 720 g/mol. The van der Waals surface area contributed by atoms with Gasteiger partial charge in [0.25, 0.3) is 0 Å². The van der Waals surface area contributed by atoms with Gasteiger partial charge in [-0.1, -0.05) is 111 Å². The molecule has 0 saturated heterocycles. The van der Waals surface area contributed by atoms with Crippen molar-refractivity contribution in [3.8, 4) is 22.3 Å². The molecule has 0 amide bonds. The Labute approximate surface area is 261 Å². The molecule has 194 valence electrons. The van der Waals surface area contributed by atoms with Gasteiger partial charge in [0.05, 0.1) is 0 Å². The minimum Gasteiger partial charge on any atom is -0.165 e. The average Bonchev–Trinajstić information content (AvgIpc) is 3.46. The van der Waals surface area contributed by atoms with Crippen molar-refractivity contribution in [2.24, 2.45) is 0 Å². The number of aryl methyl sites for hydroxylation is 2. The third-order valence-corrected chi connectivity index (χ3v) is 5.96. The van der Waals surface area contributed by atoms with Crippen LogP contribution >= 0.6 is 24.8 Å². The second-order valence-electron chi connectivity index (χ2n) is 8.91. The van der Waals surface area contributed by atoms with Crippen LogP contribution in [0.5, 0.6) is 0 Å². The molecule has 0 N–H and O–H groups in total. The fourth-order valence-electron chi connectivity index (χ4n) is 4.51. The van der Waals surface area contributed by atoms with Crippen LogP contribution in [0.1, 0.15) is 11.1 Å². The summed E-state index contributed by atoms with van der Waals surface area (Å²) in [5.41, 5.74) is 7.89. The quantitative estimate of drug-likeness (QED) is 0.123. The zero-order chi connectivity index (χ0) is 24.6. The van der Waals surface area contributed by atoms with Crippen LogP contribution in [0.25, 0.3) is 43.8 Å². The number of benzene rings is 4. The first-order valence-corrected chi connectivity index (χ1v) is 14.1. The predicted octanol–water partition coefficient (Wildman–Crippen LogP) is 10.7. The summed E-state index contributed by atoms with van der Waals surface area (Å²) < 4.78 is 0. The van der Waals surface area contributed by atoms with Crippen LogP contribution < -0.4 is 0 Å². The van der Waals surface area contributed by atoms with E-state index in [0.717, 1.165) is 9.52 Å². The van der Waals surface area contributed by atoms with Crippen LogP contribution in [0.2, 0.25) is 13.1 Å². The molecule has 6 rings (SSSR count). The van der Waals surface area contributed by atoms with E-state index in [-0.39, 0.29) is 50.7 Å². The number of fused-ring (bicyclic) bond motifs is 2. The predicted molar refractivity (Wildman–Crippen MR) is 171 cm³/mol. The van der Waals surface area contributed by atoms with E-state index in [4.69, 9.17) is 0 Å². The molecule has 0 fully saturated rings. The molecule has 0 spiro atoms.